The van der Waals surface area contributed by atoms with Crippen molar-refractivity contribution in [2.24, 2.45) is 5.92 Å². The number of piperidine rings is 1. The van der Waals surface area contributed by atoms with E-state index in [9.17, 15) is 4.39 Å². The van der Waals surface area contributed by atoms with Crippen molar-refractivity contribution in [3.05, 3.63) is 35.6 Å². The Morgan fingerprint density at radius 2 is 2.15 bits per heavy atom. The topological polar surface area (TPSA) is 15.3 Å². The number of nitrogens with one attached hydrogen (secondary N) is 1. The molecule has 1 heterocycles. The van der Waals surface area contributed by atoms with Crippen LogP contribution in [-0.2, 0) is 6.54 Å². The van der Waals surface area contributed by atoms with Crippen molar-refractivity contribution in [1.82, 2.24) is 10.2 Å². The van der Waals surface area contributed by atoms with E-state index in [0.29, 0.717) is 6.04 Å². The molecule has 0 saturated carbocycles. The van der Waals surface area contributed by atoms with Crippen LogP contribution in [0.3, 0.4) is 0 Å². The van der Waals surface area contributed by atoms with Gasteiger partial charge in [0.05, 0.1) is 0 Å². The van der Waals surface area contributed by atoms with Gasteiger partial charge in [-0.05, 0) is 44.3 Å². The lowest BCUT2D eigenvalue weighted by atomic mass is 10.0. The van der Waals surface area contributed by atoms with E-state index in [2.05, 4.69) is 24.1 Å². The van der Waals surface area contributed by atoms with Crippen LogP contribution in [-0.4, -0.2) is 30.6 Å². The first kappa shape index (κ1) is 15.5. The quantitative estimate of drug-likeness (QED) is 0.857. The number of benzene rings is 1. The molecule has 2 rings (SSSR count). The molecular formula is C17H27FN2. The van der Waals surface area contributed by atoms with E-state index in [0.717, 1.165) is 37.7 Å². The molecule has 0 aliphatic carbocycles. The summed E-state index contributed by atoms with van der Waals surface area (Å²) >= 11 is 0. The molecule has 1 N–H and O–H groups in total. The van der Waals surface area contributed by atoms with Crippen LogP contribution in [0.25, 0.3) is 0 Å². The lowest BCUT2D eigenvalue weighted by molar-refractivity contribution is 0.181. The highest BCUT2D eigenvalue weighted by atomic mass is 19.1. The van der Waals surface area contributed by atoms with Gasteiger partial charge < -0.3 is 5.32 Å². The number of nitrogens with zero attached hydrogens (tertiary/aromatic N) is 1. The van der Waals surface area contributed by atoms with Gasteiger partial charge in [-0.25, -0.2) is 4.39 Å². The normalized spacial score (nSPS) is 20.5. The average Bonchev–Trinajstić information content (AvgIpc) is 2.41. The molecule has 112 valence electrons. The highest BCUT2D eigenvalue weighted by molar-refractivity contribution is 5.17. The molecular weight excluding hydrogens is 251 g/mol. The van der Waals surface area contributed by atoms with E-state index in [1.54, 1.807) is 12.1 Å². The fourth-order valence-electron chi connectivity index (χ4n) is 2.81. The largest absolute Gasteiger partial charge is 0.313 e. The van der Waals surface area contributed by atoms with Crippen molar-refractivity contribution in [2.75, 3.05) is 19.6 Å². The summed E-state index contributed by atoms with van der Waals surface area (Å²) in [6.07, 6.45) is 3.67. The summed E-state index contributed by atoms with van der Waals surface area (Å²) in [7, 11) is 0. The lowest BCUT2D eigenvalue weighted by Gasteiger charge is -2.33. The maximum atomic E-state index is 13.7. The number of halogens is 1. The molecule has 0 amide bonds. The van der Waals surface area contributed by atoms with Crippen LogP contribution < -0.4 is 5.32 Å². The van der Waals surface area contributed by atoms with E-state index in [1.807, 2.05) is 12.1 Å². The summed E-state index contributed by atoms with van der Waals surface area (Å²) in [5, 5.41) is 3.65. The molecule has 1 aliphatic rings. The molecule has 0 bridgehead atoms. The maximum Gasteiger partial charge on any atom is 0.127 e. The van der Waals surface area contributed by atoms with E-state index >= 15 is 0 Å². The van der Waals surface area contributed by atoms with Crippen molar-refractivity contribution in [3.63, 3.8) is 0 Å². The van der Waals surface area contributed by atoms with Gasteiger partial charge in [0.1, 0.15) is 5.82 Å². The monoisotopic (exact) mass is 278 g/mol. The van der Waals surface area contributed by atoms with Crippen molar-refractivity contribution in [3.8, 4) is 0 Å². The first-order chi connectivity index (χ1) is 9.65. The number of rotatable bonds is 6. The SMILES string of the molecule is CC(C)CCNC1CCCN(Cc2ccccc2F)C1. The van der Waals surface area contributed by atoms with Gasteiger partial charge in [-0.1, -0.05) is 32.0 Å². The average molecular weight is 278 g/mol. The van der Waals surface area contributed by atoms with Gasteiger partial charge in [-0.15, -0.1) is 0 Å². The smallest absolute Gasteiger partial charge is 0.127 e. The Balaban J connectivity index is 1.80. The molecule has 1 aliphatic heterocycles. The standard InChI is InChI=1S/C17H27FN2/c1-14(2)9-10-19-16-7-5-11-20(13-16)12-15-6-3-4-8-17(15)18/h3-4,6,8,14,16,19H,5,7,9-13H2,1-2H3. The van der Waals surface area contributed by atoms with Crippen LogP contribution in [0.2, 0.25) is 0 Å². The zero-order valence-corrected chi connectivity index (χ0v) is 12.7. The summed E-state index contributed by atoms with van der Waals surface area (Å²) < 4.78 is 13.7. The zero-order chi connectivity index (χ0) is 14.4. The third-order valence-corrected chi connectivity index (χ3v) is 4.01. The van der Waals surface area contributed by atoms with Gasteiger partial charge in [0.15, 0.2) is 0 Å². The van der Waals surface area contributed by atoms with Crippen LogP contribution in [0.15, 0.2) is 24.3 Å². The van der Waals surface area contributed by atoms with E-state index in [-0.39, 0.29) is 5.82 Å². The predicted octanol–water partition coefficient (Wildman–Crippen LogP) is 3.43. The fraction of sp³-hybridized carbons (Fsp3) is 0.647. The molecule has 0 spiro atoms. The Morgan fingerprint density at radius 3 is 2.90 bits per heavy atom. The number of likely N-dealkylation sites (tertiary alicyclic amines) is 1. The predicted molar refractivity (Wildman–Crippen MR) is 82.2 cm³/mol. The molecule has 1 aromatic rings. The summed E-state index contributed by atoms with van der Waals surface area (Å²) in [5.74, 6) is 0.669. The first-order valence-corrected chi connectivity index (χ1v) is 7.84. The van der Waals surface area contributed by atoms with Crippen LogP contribution in [0.4, 0.5) is 4.39 Å². The molecule has 1 fully saturated rings. The molecule has 3 heteroatoms. The second-order valence-corrected chi connectivity index (χ2v) is 6.30. The highest BCUT2D eigenvalue weighted by Gasteiger charge is 2.20. The van der Waals surface area contributed by atoms with Crippen LogP contribution in [0, 0.1) is 11.7 Å². The lowest BCUT2D eigenvalue weighted by Crippen LogP contribution is -2.45. The minimum absolute atomic E-state index is 0.0811. The Morgan fingerprint density at radius 1 is 1.35 bits per heavy atom. The molecule has 1 atom stereocenters. The van der Waals surface area contributed by atoms with Gasteiger partial charge in [-0.3, -0.25) is 4.90 Å². The second-order valence-electron chi connectivity index (χ2n) is 6.30. The molecule has 0 radical (unpaired) electrons. The zero-order valence-electron chi connectivity index (χ0n) is 12.7. The maximum absolute atomic E-state index is 13.7. The Hall–Kier alpha value is -0.930. The van der Waals surface area contributed by atoms with Crippen molar-refractivity contribution in [1.29, 1.82) is 0 Å². The summed E-state index contributed by atoms with van der Waals surface area (Å²) in [5.41, 5.74) is 0.815. The molecule has 1 saturated heterocycles. The van der Waals surface area contributed by atoms with Gasteiger partial charge in [0, 0.05) is 24.7 Å². The molecule has 0 aromatic heterocycles. The fourth-order valence-corrected chi connectivity index (χ4v) is 2.81. The van der Waals surface area contributed by atoms with Gasteiger partial charge in [0.2, 0.25) is 0 Å². The van der Waals surface area contributed by atoms with Crippen LogP contribution >= 0.6 is 0 Å². The van der Waals surface area contributed by atoms with Gasteiger partial charge >= 0.3 is 0 Å². The van der Waals surface area contributed by atoms with Crippen molar-refractivity contribution >= 4 is 0 Å². The molecule has 1 unspecified atom stereocenters. The third-order valence-electron chi connectivity index (χ3n) is 4.01. The van der Waals surface area contributed by atoms with Crippen LogP contribution in [0.5, 0.6) is 0 Å². The number of hydrogen-bond donors (Lipinski definition) is 1. The van der Waals surface area contributed by atoms with E-state index < -0.39 is 0 Å². The second kappa shape index (κ2) is 7.75. The number of hydrogen-bond acceptors (Lipinski definition) is 2. The molecule has 1 aromatic carbocycles. The highest BCUT2D eigenvalue weighted by Crippen LogP contribution is 2.15. The van der Waals surface area contributed by atoms with Gasteiger partial charge in [0.25, 0.3) is 0 Å². The Kier molecular flexibility index (Phi) is 5.99. The van der Waals surface area contributed by atoms with Gasteiger partial charge in [-0.2, -0.15) is 0 Å². The summed E-state index contributed by atoms with van der Waals surface area (Å²) in [6, 6.07) is 7.68. The molecule has 2 nitrogen and oxygen atoms in total. The summed E-state index contributed by atoms with van der Waals surface area (Å²) in [6.45, 7) is 8.45. The Bertz CT molecular complexity index is 406. The minimum atomic E-state index is -0.0811. The first-order valence-electron chi connectivity index (χ1n) is 7.84. The van der Waals surface area contributed by atoms with E-state index in [1.165, 1.54) is 19.3 Å². The Labute approximate surface area is 122 Å². The van der Waals surface area contributed by atoms with Crippen molar-refractivity contribution in [2.45, 2.75) is 45.7 Å². The molecule has 20 heavy (non-hydrogen) atoms. The van der Waals surface area contributed by atoms with Crippen molar-refractivity contribution < 1.29 is 4.39 Å². The van der Waals surface area contributed by atoms with E-state index in [4.69, 9.17) is 0 Å². The third kappa shape index (κ3) is 4.88. The summed E-state index contributed by atoms with van der Waals surface area (Å²) in [4.78, 5) is 2.37. The minimum Gasteiger partial charge on any atom is -0.313 e. The van der Waals surface area contributed by atoms with Crippen LogP contribution in [0.1, 0.15) is 38.7 Å².